The lowest BCUT2D eigenvalue weighted by atomic mass is 10.1. The summed E-state index contributed by atoms with van der Waals surface area (Å²) < 4.78 is 2.78. The topological polar surface area (TPSA) is 54.5 Å². The van der Waals surface area contributed by atoms with Crippen LogP contribution < -0.4 is 0 Å². The summed E-state index contributed by atoms with van der Waals surface area (Å²) >= 11 is 3.52. The van der Waals surface area contributed by atoms with Crippen LogP contribution in [0.15, 0.2) is 28.7 Å². The number of aryl methyl sites for hydroxylation is 1. The van der Waals surface area contributed by atoms with Crippen LogP contribution in [0.2, 0.25) is 0 Å². The summed E-state index contributed by atoms with van der Waals surface area (Å²) in [4.78, 5) is 0. The van der Waals surface area contributed by atoms with Crippen molar-refractivity contribution in [2.75, 3.05) is 0 Å². The molecule has 0 saturated carbocycles. The number of benzene rings is 1. The summed E-state index contributed by atoms with van der Waals surface area (Å²) in [6.45, 7) is 2.95. The summed E-state index contributed by atoms with van der Waals surface area (Å²) in [5.41, 5.74) is 2.13. The molecule has 2 rings (SSSR count). The number of nitriles is 1. The molecule has 19 heavy (non-hydrogen) atoms. The zero-order chi connectivity index (χ0) is 13.7. The van der Waals surface area contributed by atoms with Gasteiger partial charge in [-0.2, -0.15) is 5.26 Å². The maximum atomic E-state index is 9.17. The van der Waals surface area contributed by atoms with E-state index in [4.69, 9.17) is 0 Å². The van der Waals surface area contributed by atoms with Crippen molar-refractivity contribution in [1.82, 2.24) is 15.0 Å². The van der Waals surface area contributed by atoms with Crippen LogP contribution in [0.1, 0.15) is 31.9 Å². The van der Waals surface area contributed by atoms with Gasteiger partial charge in [-0.3, -0.25) is 0 Å². The molecule has 0 atom stereocenters. The van der Waals surface area contributed by atoms with E-state index in [-0.39, 0.29) is 0 Å². The molecule has 0 spiro atoms. The van der Waals surface area contributed by atoms with Gasteiger partial charge in [0.15, 0.2) is 5.69 Å². The van der Waals surface area contributed by atoms with Gasteiger partial charge in [0.25, 0.3) is 0 Å². The van der Waals surface area contributed by atoms with E-state index < -0.39 is 0 Å². The van der Waals surface area contributed by atoms with Gasteiger partial charge >= 0.3 is 0 Å². The molecule has 1 aromatic carbocycles. The molecule has 0 unspecified atom stereocenters. The van der Waals surface area contributed by atoms with Crippen molar-refractivity contribution in [2.24, 2.45) is 0 Å². The van der Waals surface area contributed by atoms with Gasteiger partial charge < -0.3 is 0 Å². The Hall–Kier alpha value is -1.67. The second-order valence-electron chi connectivity index (χ2n) is 4.31. The molecule has 1 aromatic heterocycles. The number of hydrogen-bond acceptors (Lipinski definition) is 3. The molecule has 0 fully saturated rings. The predicted octanol–water partition coefficient (Wildman–Crippen LogP) is 3.77. The molecule has 0 aliphatic carbocycles. The maximum Gasteiger partial charge on any atom is 0.190 e. The van der Waals surface area contributed by atoms with Crippen molar-refractivity contribution in [3.8, 4) is 17.3 Å². The van der Waals surface area contributed by atoms with E-state index in [0.29, 0.717) is 5.69 Å². The molecule has 0 bridgehead atoms. The van der Waals surface area contributed by atoms with Gasteiger partial charge in [0.2, 0.25) is 0 Å². The number of halogens is 1. The molecule has 0 aliphatic rings. The second kappa shape index (κ2) is 6.48. The van der Waals surface area contributed by atoms with Gasteiger partial charge in [0, 0.05) is 16.6 Å². The van der Waals surface area contributed by atoms with Gasteiger partial charge in [-0.25, -0.2) is 4.68 Å². The Balaban J connectivity index is 2.40. The molecule has 1 heterocycles. The molecule has 0 radical (unpaired) electrons. The Morgan fingerprint density at radius 2 is 2.11 bits per heavy atom. The highest BCUT2D eigenvalue weighted by Crippen LogP contribution is 2.29. The highest BCUT2D eigenvalue weighted by atomic mass is 79.9. The van der Waals surface area contributed by atoms with E-state index in [1.54, 1.807) is 0 Å². The summed E-state index contributed by atoms with van der Waals surface area (Å²) in [5.74, 6) is 0. The van der Waals surface area contributed by atoms with Crippen molar-refractivity contribution >= 4 is 15.9 Å². The molecule has 98 valence electrons. The Kier molecular flexibility index (Phi) is 4.69. The van der Waals surface area contributed by atoms with Crippen LogP contribution in [0, 0.1) is 11.3 Å². The molecule has 4 nitrogen and oxygen atoms in total. The number of aromatic nitrogens is 3. The Bertz CT molecular complexity index is 598. The molecule has 0 saturated heterocycles. The van der Waals surface area contributed by atoms with E-state index >= 15 is 0 Å². The molecule has 0 aliphatic heterocycles. The van der Waals surface area contributed by atoms with E-state index in [1.807, 2.05) is 28.9 Å². The van der Waals surface area contributed by atoms with Crippen molar-refractivity contribution in [3.63, 3.8) is 0 Å². The van der Waals surface area contributed by atoms with Crippen LogP contribution in [0.4, 0.5) is 0 Å². The normalized spacial score (nSPS) is 10.4. The zero-order valence-corrected chi connectivity index (χ0v) is 12.4. The smallest absolute Gasteiger partial charge is 0.190 e. The molecular weight excluding hydrogens is 304 g/mol. The maximum absolute atomic E-state index is 9.17. The lowest BCUT2D eigenvalue weighted by Crippen LogP contribution is -2.03. The first kappa shape index (κ1) is 13.8. The van der Waals surface area contributed by atoms with Gasteiger partial charge in [-0.1, -0.05) is 59.1 Å². The zero-order valence-electron chi connectivity index (χ0n) is 10.8. The SMILES string of the molecule is CCCCCn1nnc(C#N)c1-c1ccccc1Br. The van der Waals surface area contributed by atoms with Gasteiger partial charge in [-0.05, 0) is 12.5 Å². The average molecular weight is 319 g/mol. The highest BCUT2D eigenvalue weighted by Gasteiger charge is 2.16. The third-order valence-corrected chi connectivity index (χ3v) is 3.63. The first-order chi connectivity index (χ1) is 9.27. The fraction of sp³-hybridized carbons (Fsp3) is 0.357. The highest BCUT2D eigenvalue weighted by molar-refractivity contribution is 9.10. The van der Waals surface area contributed by atoms with Crippen molar-refractivity contribution < 1.29 is 0 Å². The fourth-order valence-electron chi connectivity index (χ4n) is 1.98. The van der Waals surface area contributed by atoms with Crippen LogP contribution in [-0.2, 0) is 6.54 Å². The molecular formula is C14H15BrN4. The summed E-state index contributed by atoms with van der Waals surface area (Å²) in [5, 5.41) is 17.2. The predicted molar refractivity (Wildman–Crippen MR) is 77.4 cm³/mol. The number of hydrogen-bond donors (Lipinski definition) is 0. The van der Waals surface area contributed by atoms with Gasteiger partial charge in [-0.15, -0.1) is 5.10 Å². The van der Waals surface area contributed by atoms with E-state index in [1.165, 1.54) is 0 Å². The van der Waals surface area contributed by atoms with Crippen LogP contribution in [0.5, 0.6) is 0 Å². The lowest BCUT2D eigenvalue weighted by molar-refractivity contribution is 0.541. The largest absolute Gasteiger partial charge is 0.243 e. The first-order valence-electron chi connectivity index (χ1n) is 6.36. The van der Waals surface area contributed by atoms with E-state index in [9.17, 15) is 5.26 Å². The van der Waals surface area contributed by atoms with Crippen molar-refractivity contribution in [1.29, 1.82) is 5.26 Å². The third-order valence-electron chi connectivity index (χ3n) is 2.94. The number of rotatable bonds is 5. The van der Waals surface area contributed by atoms with E-state index in [0.717, 1.165) is 41.5 Å². The summed E-state index contributed by atoms with van der Waals surface area (Å²) in [6.07, 6.45) is 3.35. The minimum Gasteiger partial charge on any atom is -0.243 e. The van der Waals surface area contributed by atoms with E-state index in [2.05, 4.69) is 39.2 Å². The van der Waals surface area contributed by atoms with Crippen LogP contribution in [0.25, 0.3) is 11.3 Å². The first-order valence-corrected chi connectivity index (χ1v) is 7.15. The summed E-state index contributed by atoms with van der Waals surface area (Å²) in [7, 11) is 0. The van der Waals surface area contributed by atoms with Crippen molar-refractivity contribution in [2.45, 2.75) is 32.7 Å². The molecule has 0 N–H and O–H groups in total. The van der Waals surface area contributed by atoms with Gasteiger partial charge in [0.05, 0.1) is 0 Å². The fourth-order valence-corrected chi connectivity index (χ4v) is 2.45. The molecule has 2 aromatic rings. The minimum absolute atomic E-state index is 0.378. The third kappa shape index (κ3) is 3.02. The monoisotopic (exact) mass is 318 g/mol. The Morgan fingerprint density at radius 3 is 2.79 bits per heavy atom. The molecule has 5 heteroatoms. The minimum atomic E-state index is 0.378. The Morgan fingerprint density at radius 1 is 1.32 bits per heavy atom. The quantitative estimate of drug-likeness (QED) is 0.788. The molecule has 0 amide bonds. The van der Waals surface area contributed by atoms with Crippen molar-refractivity contribution in [3.05, 3.63) is 34.4 Å². The van der Waals surface area contributed by atoms with Gasteiger partial charge in [0.1, 0.15) is 11.8 Å². The van der Waals surface area contributed by atoms with Crippen LogP contribution in [-0.4, -0.2) is 15.0 Å². The summed E-state index contributed by atoms with van der Waals surface area (Å²) in [6, 6.07) is 9.95. The number of unbranched alkanes of at least 4 members (excludes halogenated alkanes) is 2. The van der Waals surface area contributed by atoms with Crippen LogP contribution >= 0.6 is 15.9 Å². The Labute approximate surface area is 121 Å². The lowest BCUT2D eigenvalue weighted by Gasteiger charge is -2.08. The second-order valence-corrected chi connectivity index (χ2v) is 5.16. The average Bonchev–Trinajstić information content (AvgIpc) is 2.82. The standard InChI is InChI=1S/C14H15BrN4/c1-2-3-6-9-19-14(13(10-16)17-18-19)11-7-4-5-8-12(11)15/h4-5,7-8H,2-3,6,9H2,1H3. The van der Waals surface area contributed by atoms with Crippen LogP contribution in [0.3, 0.4) is 0 Å². The number of nitrogens with zero attached hydrogens (tertiary/aromatic N) is 4.